The van der Waals surface area contributed by atoms with Crippen LogP contribution < -0.4 is 20.9 Å². The highest BCUT2D eigenvalue weighted by atomic mass is 19.2. The van der Waals surface area contributed by atoms with Crippen molar-refractivity contribution in [2.24, 2.45) is 15.0 Å². The topological polar surface area (TPSA) is 124 Å². The number of benzene rings is 4. The molecule has 6 heterocycles. The Kier molecular flexibility index (Phi) is 8.34. The molecule has 4 aromatic carbocycles. The molecular formula is C39H20BF12N7O5. The van der Waals surface area contributed by atoms with Crippen molar-refractivity contribution >= 4 is 63.7 Å². The van der Waals surface area contributed by atoms with Crippen LogP contribution in [0.4, 0.5) is 69.1 Å². The number of alkyl carbamates (subject to hydrolysis) is 1. The first kappa shape index (κ1) is 40.7. The zero-order chi connectivity index (χ0) is 46.0. The Morgan fingerprint density at radius 2 is 1.14 bits per heavy atom. The fourth-order valence-electron chi connectivity index (χ4n) is 8.51. The van der Waals surface area contributed by atoms with E-state index >= 15 is 52.7 Å². The Balaban J connectivity index is 1.30. The van der Waals surface area contributed by atoms with Crippen LogP contribution in [0.3, 0.4) is 0 Å². The second-order valence-electron chi connectivity index (χ2n) is 15.8. The van der Waals surface area contributed by atoms with Gasteiger partial charge in [-0.3, -0.25) is 0 Å². The molecule has 12 nitrogen and oxygen atoms in total. The first-order chi connectivity index (χ1) is 30.1. The minimum Gasteiger partial charge on any atom is -0.648 e. The van der Waals surface area contributed by atoms with Crippen molar-refractivity contribution in [3.8, 4) is 5.75 Å². The van der Waals surface area contributed by atoms with E-state index in [1.54, 1.807) is 20.8 Å². The summed E-state index contributed by atoms with van der Waals surface area (Å²) in [5.41, 5.74) is -5.36. The standard InChI is InChI=1S/C39H20BF12N7O5/c1-39(2,3)63-38(61)53-12(37(60)62-4)9-10-5-7-11(8-6-10)64-40-57-31-13-14(20(42)26(48)25(47)19(13)41)32(57)55-34-17-18(24(46)30(52)29(51)23(17)45)36(59(34)40)56-35-16-15(33(54-31)58(35)40)21(43)27(49)28(50)22(16)44/h5-8,12H,9H2,1-4H3,(H,53,61)/t12-/m0/s1. The predicted octanol–water partition coefficient (Wildman–Crippen LogP) is 6.55. The van der Waals surface area contributed by atoms with Gasteiger partial charge >= 0.3 is 18.8 Å². The molecule has 4 aliphatic rings. The average Bonchev–Trinajstić information content (AvgIpc) is 3.89. The van der Waals surface area contributed by atoms with E-state index in [1.807, 2.05) is 0 Å². The van der Waals surface area contributed by atoms with Gasteiger partial charge in [-0.25, -0.2) is 67.3 Å². The number of nitrogens with one attached hydrogen (secondary N) is 1. The van der Waals surface area contributed by atoms with E-state index in [2.05, 4.69) is 20.3 Å². The fourth-order valence-corrected chi connectivity index (χ4v) is 8.51. The van der Waals surface area contributed by atoms with E-state index in [9.17, 15) is 9.59 Å². The first-order valence-corrected chi connectivity index (χ1v) is 18.5. The molecule has 4 aliphatic heterocycles. The highest BCUT2D eigenvalue weighted by molar-refractivity contribution is 6.69. The lowest BCUT2D eigenvalue weighted by Crippen LogP contribution is -2.75. The van der Waals surface area contributed by atoms with Gasteiger partial charge in [0.25, 0.3) is 0 Å². The lowest BCUT2D eigenvalue weighted by Gasteiger charge is -2.47. The Hall–Kier alpha value is -7.34. The smallest absolute Gasteiger partial charge is 0.568 e. The van der Waals surface area contributed by atoms with Crippen molar-refractivity contribution in [1.29, 1.82) is 0 Å². The fraction of sp³-hybridized carbons (Fsp3) is 0.179. The maximum atomic E-state index is 16.1. The molecule has 0 aliphatic carbocycles. The Labute approximate surface area is 347 Å². The number of aliphatic imine (C=N–C) groups is 1. The zero-order valence-corrected chi connectivity index (χ0v) is 32.4. The number of esters is 1. The highest BCUT2D eigenvalue weighted by Crippen LogP contribution is 2.50. The Morgan fingerprint density at radius 3 is 1.67 bits per heavy atom. The number of nitrogens with zero attached hydrogens (tertiary/aromatic N) is 6. The number of fused-ring (bicyclic) bond motifs is 9. The number of carbonyl (C=O) groups excluding carboxylic acids is 2. The van der Waals surface area contributed by atoms with Crippen LogP contribution in [0.2, 0.25) is 0 Å². The maximum absolute atomic E-state index is 16.1. The number of carbonyl (C=O) groups is 2. The number of methoxy groups -OCH3 is 1. The van der Waals surface area contributed by atoms with E-state index in [0.29, 0.717) is 13.4 Å². The molecule has 25 heteroatoms. The minimum absolute atomic E-state index is 0.248. The largest absolute Gasteiger partial charge is 0.648 e. The van der Waals surface area contributed by atoms with Gasteiger partial charge in [0.15, 0.2) is 81.1 Å². The summed E-state index contributed by atoms with van der Waals surface area (Å²) in [6.07, 6.45) is -1.28. The van der Waals surface area contributed by atoms with Crippen molar-refractivity contribution in [3.63, 3.8) is 0 Å². The third-order valence-corrected chi connectivity index (χ3v) is 11.0. The molecule has 1 N–H and O–H groups in total. The number of rotatable bonds is 6. The molecule has 0 bridgehead atoms. The Morgan fingerprint density at radius 1 is 0.656 bits per heavy atom. The van der Waals surface area contributed by atoms with Gasteiger partial charge in [-0.05, 0) is 38.5 Å². The number of hydrogen-bond acceptors (Lipinski definition) is 8. The summed E-state index contributed by atoms with van der Waals surface area (Å²) < 4.78 is 206. The summed E-state index contributed by atoms with van der Waals surface area (Å²) in [5.74, 6) is -33.0. The third-order valence-electron chi connectivity index (χ3n) is 11.0. The monoisotopic (exact) mass is 905 g/mol. The summed E-state index contributed by atoms with van der Waals surface area (Å²) in [6.45, 7) is 0.430. The third kappa shape index (κ3) is 5.04. The van der Waals surface area contributed by atoms with E-state index in [0.717, 1.165) is 19.2 Å². The average molecular weight is 905 g/mol. The minimum atomic E-state index is -4.27. The van der Waals surface area contributed by atoms with Crippen molar-refractivity contribution in [2.45, 2.75) is 38.8 Å². The molecule has 0 saturated carbocycles. The lowest BCUT2D eigenvalue weighted by atomic mass is 9.75. The molecule has 0 saturated heterocycles. The second kappa shape index (κ2) is 13.1. The second-order valence-corrected chi connectivity index (χ2v) is 15.8. The van der Waals surface area contributed by atoms with E-state index in [-0.39, 0.29) is 12.0 Å². The molecule has 0 fully saturated rings. The molecule has 2 aromatic heterocycles. The number of halogens is 12. The van der Waals surface area contributed by atoms with Crippen molar-refractivity contribution in [2.75, 3.05) is 7.11 Å². The van der Waals surface area contributed by atoms with Crippen LogP contribution in [0, 0.1) is 69.8 Å². The van der Waals surface area contributed by atoms with Crippen molar-refractivity contribution in [1.82, 2.24) is 14.3 Å². The number of ether oxygens (including phenoxy) is 2. The van der Waals surface area contributed by atoms with E-state index in [4.69, 9.17) is 14.1 Å². The summed E-state index contributed by atoms with van der Waals surface area (Å²) in [6, 6.07) is 3.47. The molecule has 64 heavy (non-hydrogen) atoms. The lowest BCUT2D eigenvalue weighted by molar-refractivity contribution is -0.291. The van der Waals surface area contributed by atoms with Crippen LogP contribution in [-0.2, 0) is 20.7 Å². The number of amidine groups is 2. The molecule has 2 atom stereocenters. The summed E-state index contributed by atoms with van der Waals surface area (Å²) >= 11 is 0. The van der Waals surface area contributed by atoms with Crippen molar-refractivity contribution < 1.29 is 80.9 Å². The molecule has 1 unspecified atom stereocenters. The number of amides is 1. The van der Waals surface area contributed by atoms with Crippen LogP contribution in [-0.4, -0.2) is 62.7 Å². The van der Waals surface area contributed by atoms with Gasteiger partial charge < -0.3 is 32.9 Å². The van der Waals surface area contributed by atoms with E-state index in [1.165, 1.54) is 12.1 Å². The number of aromatic nitrogens is 2. The Bertz CT molecular complexity index is 3460. The molecule has 0 radical (unpaired) electrons. The number of hydrogen-bond donors (Lipinski definition) is 1. The van der Waals surface area contributed by atoms with Gasteiger partial charge in [0.05, 0.1) is 34.4 Å². The summed E-state index contributed by atoms with van der Waals surface area (Å²) in [4.78, 5) is 37.5. The van der Waals surface area contributed by atoms with E-state index < -0.39 is 173 Å². The molecule has 10 rings (SSSR count). The van der Waals surface area contributed by atoms with Crippen LogP contribution in [0.25, 0.3) is 21.5 Å². The van der Waals surface area contributed by atoms with Gasteiger partial charge in [0, 0.05) is 6.42 Å². The van der Waals surface area contributed by atoms with Gasteiger partial charge in [-0.2, -0.15) is 0 Å². The molecule has 1 amide bonds. The molecular weight excluding hydrogens is 885 g/mol. The van der Waals surface area contributed by atoms with Crippen molar-refractivity contribution in [3.05, 3.63) is 122 Å². The van der Waals surface area contributed by atoms with Crippen LogP contribution in [0.15, 0.2) is 39.2 Å². The van der Waals surface area contributed by atoms with Gasteiger partial charge in [0.1, 0.15) is 34.1 Å². The highest BCUT2D eigenvalue weighted by Gasteiger charge is 2.62. The van der Waals surface area contributed by atoms with Crippen LogP contribution in [0.1, 0.15) is 37.5 Å². The first-order valence-electron chi connectivity index (χ1n) is 18.5. The summed E-state index contributed by atoms with van der Waals surface area (Å²) in [5, 5.41) is -2.71. The summed E-state index contributed by atoms with van der Waals surface area (Å²) in [7, 11) is 1.04. The molecule has 328 valence electrons. The SMILES string of the molecule is COC(=O)[C@H](Cc1ccc(O[B-]23n4c5c6c(F)c(F)c(F)c(F)c6c4N=c4c6c(F)c(F)c(F)c(F)c6c(n42)=NC2=[N+]3C(=N5)c3c(F)c(F)c(F)c(F)c32)cc1)NC(=O)OC(C)(C)C. The van der Waals surface area contributed by atoms with Crippen LogP contribution >= 0.6 is 0 Å². The normalized spacial score (nSPS) is 16.9. The van der Waals surface area contributed by atoms with Crippen LogP contribution in [0.5, 0.6) is 5.75 Å². The van der Waals surface area contributed by atoms with Gasteiger partial charge in [-0.15, -0.1) is 0 Å². The molecule has 0 spiro atoms. The quantitative estimate of drug-likeness (QED) is 0.0669. The predicted molar refractivity (Wildman–Crippen MR) is 195 cm³/mol. The molecule has 6 aromatic rings. The van der Waals surface area contributed by atoms with Gasteiger partial charge in [-0.1, -0.05) is 22.1 Å². The zero-order valence-electron chi connectivity index (χ0n) is 32.4. The van der Waals surface area contributed by atoms with Gasteiger partial charge in [0.2, 0.25) is 11.7 Å². The maximum Gasteiger partial charge on any atom is 0.568 e.